The highest BCUT2D eigenvalue weighted by atomic mass is 35.5. The second-order valence-electron chi connectivity index (χ2n) is 6.74. The first kappa shape index (κ1) is 22.1. The molecular formula is C22H21ClFNO4S. The molecule has 0 aliphatic rings. The minimum absolute atomic E-state index is 0.0724. The molecule has 1 N–H and O–H groups in total. The maximum Gasteiger partial charge on any atom is 0.264 e. The highest BCUT2D eigenvalue weighted by molar-refractivity contribution is 7.92. The van der Waals surface area contributed by atoms with E-state index in [-0.39, 0.29) is 23.7 Å². The van der Waals surface area contributed by atoms with Crippen LogP contribution in [0.1, 0.15) is 5.56 Å². The third-order valence-electron chi connectivity index (χ3n) is 4.36. The number of aliphatic hydroxyl groups excluding tert-OH is 1. The second-order valence-corrected chi connectivity index (χ2v) is 9.04. The lowest BCUT2D eigenvalue weighted by Crippen LogP contribution is -2.39. The number of ether oxygens (including phenoxy) is 1. The standard InChI is InChI=1S/C22H21ClFNO4S/c1-16-2-12-22(13-3-16)30(27,28)25(19-8-6-18(24)7-9-19)14-20(26)15-29-21-10-4-17(23)5-11-21/h2-13,20,26H,14-15H2,1H3/t20-/m0/s1. The number of sulfonamides is 1. The molecule has 0 bridgehead atoms. The van der Waals surface area contributed by atoms with E-state index in [1.165, 1.54) is 36.4 Å². The molecule has 158 valence electrons. The second kappa shape index (κ2) is 9.47. The van der Waals surface area contributed by atoms with Crippen molar-refractivity contribution in [2.75, 3.05) is 17.5 Å². The molecule has 3 aromatic rings. The van der Waals surface area contributed by atoms with Crippen LogP contribution < -0.4 is 9.04 Å². The average molecular weight is 450 g/mol. The van der Waals surface area contributed by atoms with Crippen LogP contribution in [0.5, 0.6) is 5.75 Å². The number of rotatable bonds is 8. The first-order valence-electron chi connectivity index (χ1n) is 9.17. The van der Waals surface area contributed by atoms with Crippen molar-refractivity contribution in [1.29, 1.82) is 0 Å². The molecule has 30 heavy (non-hydrogen) atoms. The molecule has 0 amide bonds. The van der Waals surface area contributed by atoms with Crippen molar-refractivity contribution in [3.05, 3.63) is 89.2 Å². The van der Waals surface area contributed by atoms with E-state index in [1.807, 2.05) is 6.92 Å². The maximum atomic E-state index is 13.4. The summed E-state index contributed by atoms with van der Waals surface area (Å²) in [5.41, 5.74) is 1.15. The van der Waals surface area contributed by atoms with Crippen LogP contribution in [0.4, 0.5) is 10.1 Å². The van der Waals surface area contributed by atoms with E-state index in [0.717, 1.165) is 9.87 Å². The largest absolute Gasteiger partial charge is 0.491 e. The number of anilines is 1. The van der Waals surface area contributed by atoms with Crippen LogP contribution in [-0.2, 0) is 10.0 Å². The fourth-order valence-electron chi connectivity index (χ4n) is 2.75. The Morgan fingerprint density at radius 1 is 1.00 bits per heavy atom. The first-order valence-corrected chi connectivity index (χ1v) is 11.0. The minimum atomic E-state index is -3.99. The zero-order chi connectivity index (χ0) is 21.7. The lowest BCUT2D eigenvalue weighted by atomic mass is 10.2. The molecule has 3 rings (SSSR count). The summed E-state index contributed by atoms with van der Waals surface area (Å²) in [6.45, 7) is 1.45. The SMILES string of the molecule is Cc1ccc(S(=O)(=O)N(C[C@H](O)COc2ccc(Cl)cc2)c2ccc(F)cc2)cc1. The molecule has 0 aliphatic carbocycles. The Balaban J connectivity index is 1.83. The topological polar surface area (TPSA) is 66.8 Å². The number of aryl methyl sites for hydroxylation is 1. The molecule has 1 atom stereocenters. The summed E-state index contributed by atoms with van der Waals surface area (Å²) in [7, 11) is -3.99. The van der Waals surface area contributed by atoms with Crippen molar-refractivity contribution in [3.63, 3.8) is 0 Å². The quantitative estimate of drug-likeness (QED) is 0.552. The van der Waals surface area contributed by atoms with E-state index in [0.29, 0.717) is 10.8 Å². The Hall–Kier alpha value is -2.61. The van der Waals surface area contributed by atoms with Crippen molar-refractivity contribution >= 4 is 27.3 Å². The van der Waals surface area contributed by atoms with Crippen molar-refractivity contribution in [2.45, 2.75) is 17.9 Å². The van der Waals surface area contributed by atoms with Crippen molar-refractivity contribution in [3.8, 4) is 5.75 Å². The fraction of sp³-hybridized carbons (Fsp3) is 0.182. The summed E-state index contributed by atoms with van der Waals surface area (Å²) in [5.74, 6) is 0.00577. The van der Waals surface area contributed by atoms with Gasteiger partial charge in [0.25, 0.3) is 10.0 Å². The Morgan fingerprint density at radius 2 is 1.60 bits per heavy atom. The van der Waals surface area contributed by atoms with Gasteiger partial charge in [-0.15, -0.1) is 0 Å². The van der Waals surface area contributed by atoms with Crippen LogP contribution in [0.3, 0.4) is 0 Å². The molecule has 0 radical (unpaired) electrons. The zero-order valence-corrected chi connectivity index (χ0v) is 17.8. The van der Waals surface area contributed by atoms with Gasteiger partial charge in [0, 0.05) is 5.02 Å². The normalized spacial score (nSPS) is 12.4. The molecule has 0 heterocycles. The predicted octanol–water partition coefficient (Wildman–Crippen LogP) is 4.42. The van der Waals surface area contributed by atoms with Crippen molar-refractivity contribution in [2.24, 2.45) is 0 Å². The van der Waals surface area contributed by atoms with Crippen LogP contribution >= 0.6 is 11.6 Å². The number of aliphatic hydroxyl groups is 1. The predicted molar refractivity (Wildman–Crippen MR) is 115 cm³/mol. The summed E-state index contributed by atoms with van der Waals surface area (Å²) in [5, 5.41) is 11.0. The molecule has 0 aliphatic heterocycles. The Kier molecular flexibility index (Phi) is 6.97. The number of benzene rings is 3. The van der Waals surface area contributed by atoms with E-state index < -0.39 is 21.9 Å². The third kappa shape index (κ3) is 5.50. The van der Waals surface area contributed by atoms with Crippen molar-refractivity contribution < 1.29 is 22.7 Å². The summed E-state index contributed by atoms with van der Waals surface area (Å²) >= 11 is 5.84. The van der Waals surface area contributed by atoms with E-state index in [4.69, 9.17) is 16.3 Å². The third-order valence-corrected chi connectivity index (χ3v) is 6.42. The Bertz CT molecular complexity index is 1070. The van der Waals surface area contributed by atoms with Crippen LogP contribution in [-0.4, -0.2) is 32.8 Å². The molecule has 3 aromatic carbocycles. The van der Waals surface area contributed by atoms with E-state index in [2.05, 4.69) is 0 Å². The van der Waals surface area contributed by atoms with Crippen LogP contribution in [0.25, 0.3) is 0 Å². The highest BCUT2D eigenvalue weighted by Gasteiger charge is 2.27. The van der Waals surface area contributed by atoms with Gasteiger partial charge in [0.2, 0.25) is 0 Å². The first-order chi connectivity index (χ1) is 14.3. The number of hydrogen-bond acceptors (Lipinski definition) is 4. The van der Waals surface area contributed by atoms with Gasteiger partial charge in [-0.3, -0.25) is 4.31 Å². The van der Waals surface area contributed by atoms with Gasteiger partial charge in [-0.05, 0) is 67.6 Å². The highest BCUT2D eigenvalue weighted by Crippen LogP contribution is 2.25. The van der Waals surface area contributed by atoms with E-state index in [1.54, 1.807) is 36.4 Å². The molecule has 0 saturated heterocycles. The van der Waals surface area contributed by atoms with Crippen LogP contribution in [0.2, 0.25) is 5.02 Å². The summed E-state index contributed by atoms with van der Waals surface area (Å²) < 4.78 is 46.4. The summed E-state index contributed by atoms with van der Waals surface area (Å²) in [4.78, 5) is 0.0724. The molecule has 0 fully saturated rings. The number of hydrogen-bond donors (Lipinski definition) is 1. The average Bonchev–Trinajstić information content (AvgIpc) is 2.72. The van der Waals surface area contributed by atoms with Crippen molar-refractivity contribution in [1.82, 2.24) is 0 Å². The van der Waals surface area contributed by atoms with Gasteiger partial charge in [-0.2, -0.15) is 0 Å². The summed E-state index contributed by atoms with van der Waals surface area (Å²) in [6, 6.07) is 18.0. The Labute approximate surface area is 180 Å². The van der Waals surface area contributed by atoms with Gasteiger partial charge in [-0.1, -0.05) is 29.3 Å². The summed E-state index contributed by atoms with van der Waals surface area (Å²) in [6.07, 6.45) is -1.13. The number of nitrogens with zero attached hydrogens (tertiary/aromatic N) is 1. The van der Waals surface area contributed by atoms with Crippen LogP contribution in [0, 0.1) is 12.7 Å². The van der Waals surface area contributed by atoms with Gasteiger partial charge >= 0.3 is 0 Å². The molecule has 8 heteroatoms. The fourth-order valence-corrected chi connectivity index (χ4v) is 4.38. The van der Waals surface area contributed by atoms with E-state index >= 15 is 0 Å². The lowest BCUT2D eigenvalue weighted by Gasteiger charge is -2.27. The molecule has 0 spiro atoms. The zero-order valence-electron chi connectivity index (χ0n) is 16.2. The molecular weight excluding hydrogens is 429 g/mol. The molecule has 0 aromatic heterocycles. The smallest absolute Gasteiger partial charge is 0.264 e. The Morgan fingerprint density at radius 3 is 2.20 bits per heavy atom. The van der Waals surface area contributed by atoms with Gasteiger partial charge in [0.15, 0.2) is 0 Å². The van der Waals surface area contributed by atoms with Gasteiger partial charge in [0.1, 0.15) is 24.3 Å². The monoisotopic (exact) mass is 449 g/mol. The maximum absolute atomic E-state index is 13.4. The lowest BCUT2D eigenvalue weighted by molar-refractivity contribution is 0.115. The number of halogens is 2. The molecule has 5 nitrogen and oxygen atoms in total. The molecule has 0 unspecified atom stereocenters. The van der Waals surface area contributed by atoms with Gasteiger partial charge in [-0.25, -0.2) is 12.8 Å². The van der Waals surface area contributed by atoms with Crippen LogP contribution in [0.15, 0.2) is 77.7 Å². The molecule has 0 saturated carbocycles. The van der Waals surface area contributed by atoms with E-state index in [9.17, 15) is 17.9 Å². The minimum Gasteiger partial charge on any atom is -0.491 e. The van der Waals surface area contributed by atoms with Gasteiger partial charge < -0.3 is 9.84 Å². The van der Waals surface area contributed by atoms with Gasteiger partial charge in [0.05, 0.1) is 17.1 Å².